The SMILES string of the molecule is CCNC1(c2nc3c(s2)CCCC3)CCN(C)C1. The van der Waals surface area contributed by atoms with Gasteiger partial charge in [0.25, 0.3) is 0 Å². The Labute approximate surface area is 114 Å². The molecule has 1 aliphatic heterocycles. The van der Waals surface area contributed by atoms with Crippen molar-refractivity contribution in [2.45, 2.75) is 44.6 Å². The van der Waals surface area contributed by atoms with Crippen molar-refractivity contribution in [1.29, 1.82) is 0 Å². The van der Waals surface area contributed by atoms with Crippen LogP contribution in [0.2, 0.25) is 0 Å². The molecule has 1 aliphatic carbocycles. The zero-order valence-electron chi connectivity index (χ0n) is 11.5. The molecule has 2 aliphatic rings. The van der Waals surface area contributed by atoms with E-state index in [-0.39, 0.29) is 5.54 Å². The lowest BCUT2D eigenvalue weighted by Gasteiger charge is -2.27. The summed E-state index contributed by atoms with van der Waals surface area (Å²) in [6, 6.07) is 0. The van der Waals surface area contributed by atoms with Crippen molar-refractivity contribution in [3.8, 4) is 0 Å². The molecule has 0 amide bonds. The molecule has 0 spiro atoms. The summed E-state index contributed by atoms with van der Waals surface area (Å²) in [5, 5.41) is 5.07. The molecule has 1 aromatic rings. The van der Waals surface area contributed by atoms with E-state index in [0.29, 0.717) is 0 Å². The molecule has 3 rings (SSSR count). The number of hydrogen-bond acceptors (Lipinski definition) is 4. The van der Waals surface area contributed by atoms with Crippen LogP contribution < -0.4 is 5.32 Å². The molecular weight excluding hydrogens is 242 g/mol. The number of aromatic nitrogens is 1. The number of fused-ring (bicyclic) bond motifs is 1. The first-order valence-electron chi connectivity index (χ1n) is 7.16. The summed E-state index contributed by atoms with van der Waals surface area (Å²) >= 11 is 1.97. The standard InChI is InChI=1S/C14H23N3S/c1-3-15-14(8-9-17(2)10-14)13-16-11-6-4-5-7-12(11)18-13/h15H,3-10H2,1-2H3. The fraction of sp³-hybridized carbons (Fsp3) is 0.786. The van der Waals surface area contributed by atoms with Crippen molar-refractivity contribution in [3.63, 3.8) is 0 Å². The van der Waals surface area contributed by atoms with Gasteiger partial charge in [0.1, 0.15) is 5.01 Å². The minimum absolute atomic E-state index is 0.130. The Hall–Kier alpha value is -0.450. The number of nitrogens with one attached hydrogen (secondary N) is 1. The van der Waals surface area contributed by atoms with Crippen LogP contribution in [0, 0.1) is 0 Å². The smallest absolute Gasteiger partial charge is 0.115 e. The van der Waals surface area contributed by atoms with Crippen LogP contribution in [-0.4, -0.2) is 36.6 Å². The highest BCUT2D eigenvalue weighted by Crippen LogP contribution is 2.37. The molecule has 100 valence electrons. The van der Waals surface area contributed by atoms with Crippen LogP contribution in [0.3, 0.4) is 0 Å². The normalized spacial score (nSPS) is 28.6. The predicted molar refractivity (Wildman–Crippen MR) is 76.2 cm³/mol. The second-order valence-electron chi connectivity index (χ2n) is 5.70. The molecule has 1 fully saturated rings. The Morgan fingerprint density at radius 3 is 2.89 bits per heavy atom. The monoisotopic (exact) mass is 265 g/mol. The van der Waals surface area contributed by atoms with E-state index in [4.69, 9.17) is 4.98 Å². The van der Waals surface area contributed by atoms with Crippen LogP contribution >= 0.6 is 11.3 Å². The summed E-state index contributed by atoms with van der Waals surface area (Å²) in [6.07, 6.45) is 6.33. The summed E-state index contributed by atoms with van der Waals surface area (Å²) in [6.45, 7) is 5.51. The molecule has 4 heteroatoms. The van der Waals surface area contributed by atoms with E-state index in [9.17, 15) is 0 Å². The Balaban J connectivity index is 1.92. The number of rotatable bonds is 3. The minimum atomic E-state index is 0.130. The summed E-state index contributed by atoms with van der Waals surface area (Å²) in [7, 11) is 2.21. The van der Waals surface area contributed by atoms with Crippen LogP contribution in [0.4, 0.5) is 0 Å². The lowest BCUT2D eigenvalue weighted by atomic mass is 9.99. The summed E-state index contributed by atoms with van der Waals surface area (Å²) in [4.78, 5) is 8.97. The van der Waals surface area contributed by atoms with Gasteiger partial charge in [-0.2, -0.15) is 0 Å². The van der Waals surface area contributed by atoms with Crippen molar-refractivity contribution in [1.82, 2.24) is 15.2 Å². The fourth-order valence-corrected chi connectivity index (χ4v) is 4.63. The zero-order valence-corrected chi connectivity index (χ0v) is 12.3. The minimum Gasteiger partial charge on any atom is -0.305 e. The quantitative estimate of drug-likeness (QED) is 0.908. The average Bonchev–Trinajstić information content (AvgIpc) is 2.94. The van der Waals surface area contributed by atoms with E-state index in [0.717, 1.165) is 13.1 Å². The topological polar surface area (TPSA) is 28.2 Å². The van der Waals surface area contributed by atoms with E-state index in [1.54, 1.807) is 4.88 Å². The average molecular weight is 265 g/mol. The fourth-order valence-electron chi connectivity index (χ4n) is 3.29. The molecule has 0 bridgehead atoms. The Morgan fingerprint density at radius 1 is 1.39 bits per heavy atom. The number of nitrogens with zero attached hydrogens (tertiary/aromatic N) is 2. The second-order valence-corrected chi connectivity index (χ2v) is 6.78. The predicted octanol–water partition coefficient (Wildman–Crippen LogP) is 2.16. The highest BCUT2D eigenvalue weighted by atomic mass is 32.1. The van der Waals surface area contributed by atoms with Crippen molar-refractivity contribution >= 4 is 11.3 Å². The van der Waals surface area contributed by atoms with Crippen molar-refractivity contribution in [2.75, 3.05) is 26.7 Å². The molecule has 1 saturated heterocycles. The van der Waals surface area contributed by atoms with Gasteiger partial charge in [0.05, 0.1) is 11.2 Å². The van der Waals surface area contributed by atoms with Crippen LogP contribution in [0.25, 0.3) is 0 Å². The molecule has 1 unspecified atom stereocenters. The molecule has 0 saturated carbocycles. The lowest BCUT2D eigenvalue weighted by molar-refractivity contribution is 0.320. The Bertz CT molecular complexity index is 401. The first-order chi connectivity index (χ1) is 8.73. The third kappa shape index (κ3) is 2.10. The Morgan fingerprint density at radius 2 is 2.22 bits per heavy atom. The highest BCUT2D eigenvalue weighted by molar-refractivity contribution is 7.11. The van der Waals surface area contributed by atoms with Crippen LogP contribution in [0.15, 0.2) is 0 Å². The maximum Gasteiger partial charge on any atom is 0.115 e. The van der Waals surface area contributed by atoms with E-state index in [1.165, 1.54) is 49.4 Å². The van der Waals surface area contributed by atoms with Gasteiger partial charge in [0.2, 0.25) is 0 Å². The highest BCUT2D eigenvalue weighted by Gasteiger charge is 2.40. The molecule has 18 heavy (non-hydrogen) atoms. The number of likely N-dealkylation sites (N-methyl/N-ethyl adjacent to an activating group) is 2. The van der Waals surface area contributed by atoms with Gasteiger partial charge in [-0.3, -0.25) is 0 Å². The molecule has 1 N–H and O–H groups in total. The van der Waals surface area contributed by atoms with E-state index in [1.807, 2.05) is 11.3 Å². The lowest BCUT2D eigenvalue weighted by Crippen LogP contribution is -2.44. The zero-order chi connectivity index (χ0) is 12.6. The summed E-state index contributed by atoms with van der Waals surface area (Å²) in [5.41, 5.74) is 1.53. The number of likely N-dealkylation sites (tertiary alicyclic amines) is 1. The molecule has 0 radical (unpaired) electrons. The van der Waals surface area contributed by atoms with E-state index in [2.05, 4.69) is 24.2 Å². The van der Waals surface area contributed by atoms with Gasteiger partial charge >= 0.3 is 0 Å². The van der Waals surface area contributed by atoms with Gasteiger partial charge < -0.3 is 10.2 Å². The molecule has 0 aromatic carbocycles. The third-order valence-electron chi connectivity index (χ3n) is 4.23. The van der Waals surface area contributed by atoms with Gasteiger partial charge in [-0.25, -0.2) is 4.98 Å². The molecule has 3 nitrogen and oxygen atoms in total. The number of thiazole rings is 1. The van der Waals surface area contributed by atoms with Crippen LogP contribution in [0.5, 0.6) is 0 Å². The first-order valence-corrected chi connectivity index (χ1v) is 7.98. The summed E-state index contributed by atoms with van der Waals surface area (Å²) < 4.78 is 0. The molecule has 1 atom stereocenters. The first kappa shape index (κ1) is 12.6. The van der Waals surface area contributed by atoms with Crippen LogP contribution in [0.1, 0.15) is 41.8 Å². The van der Waals surface area contributed by atoms with E-state index < -0.39 is 0 Å². The summed E-state index contributed by atoms with van der Waals surface area (Å²) in [5.74, 6) is 0. The molecule has 1 aromatic heterocycles. The molecule has 2 heterocycles. The van der Waals surface area contributed by atoms with Crippen LogP contribution in [-0.2, 0) is 18.4 Å². The number of aryl methyl sites for hydroxylation is 2. The van der Waals surface area contributed by atoms with Crippen molar-refractivity contribution in [3.05, 3.63) is 15.6 Å². The van der Waals surface area contributed by atoms with E-state index >= 15 is 0 Å². The number of hydrogen-bond donors (Lipinski definition) is 1. The largest absolute Gasteiger partial charge is 0.305 e. The van der Waals surface area contributed by atoms with Crippen molar-refractivity contribution in [2.24, 2.45) is 0 Å². The maximum absolute atomic E-state index is 4.99. The van der Waals surface area contributed by atoms with Gasteiger partial charge in [-0.05, 0) is 45.7 Å². The van der Waals surface area contributed by atoms with Crippen molar-refractivity contribution < 1.29 is 0 Å². The Kier molecular flexibility index (Phi) is 3.43. The van der Waals surface area contributed by atoms with Gasteiger partial charge in [-0.1, -0.05) is 6.92 Å². The third-order valence-corrected chi connectivity index (χ3v) is 5.59. The second kappa shape index (κ2) is 4.91. The molecular formula is C14H23N3S. The van der Waals surface area contributed by atoms with Gasteiger partial charge in [-0.15, -0.1) is 11.3 Å². The van der Waals surface area contributed by atoms with Gasteiger partial charge in [0, 0.05) is 18.0 Å². The van der Waals surface area contributed by atoms with Gasteiger partial charge in [0.15, 0.2) is 0 Å². The maximum atomic E-state index is 4.99.